The standard InChI is InChI=1S/C20H20N4O/c1-13-22-17-12-14(20-23-16-4-2-3-5-19(16)25-20)6-7-18(17)24(13)15-8-10-21-11-9-15/h2-7,12,15,21H,8-11H2,1H3. The molecule has 1 aliphatic rings. The van der Waals surface area contributed by atoms with Gasteiger partial charge in [-0.2, -0.15) is 0 Å². The van der Waals surface area contributed by atoms with E-state index in [-0.39, 0.29) is 0 Å². The molecule has 2 aromatic carbocycles. The van der Waals surface area contributed by atoms with Crippen molar-refractivity contribution in [2.45, 2.75) is 25.8 Å². The van der Waals surface area contributed by atoms with Gasteiger partial charge in [-0.1, -0.05) is 12.1 Å². The summed E-state index contributed by atoms with van der Waals surface area (Å²) in [4.78, 5) is 9.40. The average molecular weight is 332 g/mol. The normalized spacial score (nSPS) is 16.0. The van der Waals surface area contributed by atoms with Gasteiger partial charge in [-0.15, -0.1) is 0 Å². The topological polar surface area (TPSA) is 55.9 Å². The highest BCUT2D eigenvalue weighted by Gasteiger charge is 2.20. The van der Waals surface area contributed by atoms with Crippen LogP contribution in [0.3, 0.4) is 0 Å². The third kappa shape index (κ3) is 2.43. The quantitative estimate of drug-likeness (QED) is 0.601. The summed E-state index contributed by atoms with van der Waals surface area (Å²) in [5.74, 6) is 1.73. The number of nitrogens with zero attached hydrogens (tertiary/aromatic N) is 3. The van der Waals surface area contributed by atoms with Crippen LogP contribution in [-0.2, 0) is 0 Å². The summed E-state index contributed by atoms with van der Waals surface area (Å²) >= 11 is 0. The van der Waals surface area contributed by atoms with Gasteiger partial charge in [-0.25, -0.2) is 9.97 Å². The molecule has 5 heteroatoms. The number of imidazole rings is 1. The van der Waals surface area contributed by atoms with Crippen molar-refractivity contribution in [1.82, 2.24) is 19.9 Å². The molecule has 2 aromatic heterocycles. The lowest BCUT2D eigenvalue weighted by molar-refractivity contribution is 0.370. The highest BCUT2D eigenvalue weighted by Crippen LogP contribution is 2.30. The third-order valence-corrected chi connectivity index (χ3v) is 5.08. The van der Waals surface area contributed by atoms with E-state index in [1.54, 1.807) is 0 Å². The summed E-state index contributed by atoms with van der Waals surface area (Å²) in [6, 6.07) is 14.7. The molecular formula is C20H20N4O. The molecule has 1 saturated heterocycles. The molecule has 0 saturated carbocycles. The van der Waals surface area contributed by atoms with Crippen molar-refractivity contribution in [2.24, 2.45) is 0 Å². The van der Waals surface area contributed by atoms with Gasteiger partial charge in [0.1, 0.15) is 11.3 Å². The molecule has 0 radical (unpaired) electrons. The molecule has 0 amide bonds. The first-order chi connectivity index (χ1) is 12.3. The molecule has 0 bridgehead atoms. The van der Waals surface area contributed by atoms with Crippen LogP contribution in [0.25, 0.3) is 33.6 Å². The lowest BCUT2D eigenvalue weighted by Gasteiger charge is -2.25. The minimum Gasteiger partial charge on any atom is -0.436 e. The van der Waals surface area contributed by atoms with E-state index in [9.17, 15) is 0 Å². The van der Waals surface area contributed by atoms with Crippen LogP contribution in [-0.4, -0.2) is 27.6 Å². The number of nitrogens with one attached hydrogen (secondary N) is 1. The summed E-state index contributed by atoms with van der Waals surface area (Å²) in [5.41, 5.74) is 4.88. The number of benzene rings is 2. The lowest BCUT2D eigenvalue weighted by atomic mass is 10.1. The minimum absolute atomic E-state index is 0.529. The molecule has 5 rings (SSSR count). The number of hydrogen-bond donors (Lipinski definition) is 1. The van der Waals surface area contributed by atoms with E-state index in [4.69, 9.17) is 9.40 Å². The fourth-order valence-electron chi connectivity index (χ4n) is 3.87. The number of hydrogen-bond acceptors (Lipinski definition) is 4. The number of oxazole rings is 1. The van der Waals surface area contributed by atoms with Gasteiger partial charge in [0, 0.05) is 11.6 Å². The number of rotatable bonds is 2. The van der Waals surface area contributed by atoms with Crippen LogP contribution in [0.4, 0.5) is 0 Å². The van der Waals surface area contributed by atoms with E-state index in [0.29, 0.717) is 11.9 Å². The number of para-hydroxylation sites is 2. The first-order valence-corrected chi connectivity index (χ1v) is 8.85. The maximum Gasteiger partial charge on any atom is 0.227 e. The predicted molar refractivity (Wildman–Crippen MR) is 98.6 cm³/mol. The molecule has 3 heterocycles. The molecule has 5 nitrogen and oxygen atoms in total. The van der Waals surface area contributed by atoms with Crippen LogP contribution in [0.15, 0.2) is 46.9 Å². The monoisotopic (exact) mass is 332 g/mol. The number of piperidine rings is 1. The number of fused-ring (bicyclic) bond motifs is 2. The van der Waals surface area contributed by atoms with Crippen molar-refractivity contribution in [3.63, 3.8) is 0 Å². The fraction of sp³-hybridized carbons (Fsp3) is 0.300. The first kappa shape index (κ1) is 14.7. The molecule has 0 unspecified atom stereocenters. The highest BCUT2D eigenvalue weighted by molar-refractivity contribution is 5.83. The van der Waals surface area contributed by atoms with Gasteiger partial charge < -0.3 is 14.3 Å². The Kier molecular flexibility index (Phi) is 3.35. The van der Waals surface area contributed by atoms with Gasteiger partial charge in [0.25, 0.3) is 0 Å². The van der Waals surface area contributed by atoms with Crippen LogP contribution in [0.5, 0.6) is 0 Å². The van der Waals surface area contributed by atoms with E-state index >= 15 is 0 Å². The molecule has 25 heavy (non-hydrogen) atoms. The van der Waals surface area contributed by atoms with Crippen molar-refractivity contribution in [3.8, 4) is 11.5 Å². The molecule has 1 fully saturated rings. The zero-order chi connectivity index (χ0) is 16.8. The van der Waals surface area contributed by atoms with Crippen molar-refractivity contribution in [3.05, 3.63) is 48.3 Å². The Hall–Kier alpha value is -2.66. The van der Waals surface area contributed by atoms with E-state index in [1.807, 2.05) is 24.3 Å². The number of aryl methyl sites for hydroxylation is 1. The molecule has 0 spiro atoms. The molecular weight excluding hydrogens is 312 g/mol. The van der Waals surface area contributed by atoms with Gasteiger partial charge in [0.05, 0.1) is 11.0 Å². The Labute approximate surface area is 145 Å². The van der Waals surface area contributed by atoms with Crippen LogP contribution >= 0.6 is 0 Å². The zero-order valence-electron chi connectivity index (χ0n) is 14.2. The van der Waals surface area contributed by atoms with E-state index in [0.717, 1.165) is 53.9 Å². The Morgan fingerprint density at radius 1 is 1.04 bits per heavy atom. The molecule has 1 aliphatic heterocycles. The van der Waals surface area contributed by atoms with Crippen molar-refractivity contribution in [1.29, 1.82) is 0 Å². The fourth-order valence-corrected chi connectivity index (χ4v) is 3.87. The first-order valence-electron chi connectivity index (χ1n) is 8.85. The van der Waals surface area contributed by atoms with Gasteiger partial charge in [-0.3, -0.25) is 0 Å². The Morgan fingerprint density at radius 3 is 2.72 bits per heavy atom. The number of aromatic nitrogens is 3. The second-order valence-corrected chi connectivity index (χ2v) is 6.70. The van der Waals surface area contributed by atoms with Crippen molar-refractivity contribution < 1.29 is 4.42 Å². The van der Waals surface area contributed by atoms with E-state index in [1.165, 1.54) is 5.52 Å². The van der Waals surface area contributed by atoms with Crippen LogP contribution in [0.2, 0.25) is 0 Å². The van der Waals surface area contributed by atoms with Crippen LogP contribution in [0.1, 0.15) is 24.7 Å². The third-order valence-electron chi connectivity index (χ3n) is 5.08. The molecule has 0 atom stereocenters. The molecule has 126 valence electrons. The van der Waals surface area contributed by atoms with Crippen molar-refractivity contribution in [2.75, 3.05) is 13.1 Å². The summed E-state index contributed by atoms with van der Waals surface area (Å²) in [6.07, 6.45) is 2.30. The Bertz CT molecular complexity index is 1020. The lowest BCUT2D eigenvalue weighted by Crippen LogP contribution is -2.29. The Balaban J connectivity index is 1.60. The van der Waals surface area contributed by atoms with Crippen LogP contribution in [0, 0.1) is 6.92 Å². The SMILES string of the molecule is Cc1nc2cc(-c3nc4ccccc4o3)ccc2n1C1CCNCC1. The maximum atomic E-state index is 5.90. The molecule has 4 aromatic rings. The summed E-state index contributed by atoms with van der Waals surface area (Å²) < 4.78 is 8.30. The van der Waals surface area contributed by atoms with Gasteiger partial charge in [-0.05, 0) is 63.2 Å². The predicted octanol–water partition coefficient (Wildman–Crippen LogP) is 4.08. The summed E-state index contributed by atoms with van der Waals surface area (Å²) in [6.45, 7) is 4.25. The average Bonchev–Trinajstić information content (AvgIpc) is 3.21. The van der Waals surface area contributed by atoms with Gasteiger partial charge in [0.15, 0.2) is 5.58 Å². The van der Waals surface area contributed by atoms with E-state index < -0.39 is 0 Å². The Morgan fingerprint density at radius 2 is 1.88 bits per heavy atom. The molecule has 1 N–H and O–H groups in total. The van der Waals surface area contributed by atoms with Gasteiger partial charge in [0.2, 0.25) is 5.89 Å². The maximum absolute atomic E-state index is 5.90. The second kappa shape index (κ2) is 5.70. The highest BCUT2D eigenvalue weighted by atomic mass is 16.3. The summed E-state index contributed by atoms with van der Waals surface area (Å²) in [7, 11) is 0. The molecule has 0 aliphatic carbocycles. The van der Waals surface area contributed by atoms with Gasteiger partial charge >= 0.3 is 0 Å². The second-order valence-electron chi connectivity index (χ2n) is 6.70. The largest absolute Gasteiger partial charge is 0.436 e. The van der Waals surface area contributed by atoms with Crippen LogP contribution < -0.4 is 5.32 Å². The zero-order valence-corrected chi connectivity index (χ0v) is 14.2. The summed E-state index contributed by atoms with van der Waals surface area (Å²) in [5, 5.41) is 3.43. The van der Waals surface area contributed by atoms with Crippen molar-refractivity contribution >= 4 is 22.1 Å². The minimum atomic E-state index is 0.529. The van der Waals surface area contributed by atoms with E-state index in [2.05, 4.69) is 40.0 Å². The smallest absolute Gasteiger partial charge is 0.227 e.